The number of nitrogens with zero attached hydrogens (tertiary/aromatic N) is 3. The van der Waals surface area contributed by atoms with E-state index in [9.17, 15) is 22.8 Å². The molecule has 1 aliphatic rings. The molecule has 2 aromatic carbocycles. The first-order valence-electron chi connectivity index (χ1n) is 12.1. The first kappa shape index (κ1) is 27.0. The largest absolute Gasteiger partial charge is 0.573 e. The van der Waals surface area contributed by atoms with Gasteiger partial charge in [0, 0.05) is 43.7 Å². The number of piperidine rings is 1. The zero-order chi connectivity index (χ0) is 27.6. The third kappa shape index (κ3) is 6.45. The highest BCUT2D eigenvalue weighted by molar-refractivity contribution is 5.97. The van der Waals surface area contributed by atoms with Crippen molar-refractivity contribution in [2.24, 2.45) is 18.7 Å². The molecular formula is C27H29F3N4O4. The lowest BCUT2D eigenvalue weighted by molar-refractivity contribution is -0.274. The van der Waals surface area contributed by atoms with Crippen molar-refractivity contribution in [2.45, 2.75) is 45.2 Å². The van der Waals surface area contributed by atoms with Gasteiger partial charge in [0.2, 0.25) is 5.91 Å². The van der Waals surface area contributed by atoms with Gasteiger partial charge in [-0.2, -0.15) is 0 Å². The Morgan fingerprint density at radius 3 is 2.45 bits per heavy atom. The van der Waals surface area contributed by atoms with E-state index in [1.165, 1.54) is 24.3 Å². The van der Waals surface area contributed by atoms with Gasteiger partial charge in [0.25, 0.3) is 5.91 Å². The number of imidazole rings is 1. The number of hydrogen-bond acceptors (Lipinski definition) is 5. The van der Waals surface area contributed by atoms with Gasteiger partial charge in [-0.1, -0.05) is 19.1 Å². The van der Waals surface area contributed by atoms with E-state index in [-0.39, 0.29) is 41.7 Å². The molecule has 1 saturated heterocycles. The van der Waals surface area contributed by atoms with Crippen LogP contribution < -0.4 is 15.2 Å². The maximum absolute atomic E-state index is 13.0. The summed E-state index contributed by atoms with van der Waals surface area (Å²) in [6.07, 6.45) is -0.941. The molecule has 202 valence electrons. The standard InChI is InChI=1S/C27H29F3N4O4/c1-16-13-34(25(35)11-18-4-7-20(8-5-18)38-27(28,29)30)17(2)10-24(16)37-23-9-6-19(12-21(23)26(31)36)22-14-33(3)15-32-22/h4-9,12,14-17,24H,10-11,13H2,1-3H3,(H2,31,36)/t16-,17+,24?/m0/s1. The minimum absolute atomic E-state index is 0.0473. The Balaban J connectivity index is 1.41. The SMILES string of the molecule is C[C@@H]1CC(Oc2ccc(-c3cn(C)cn3)cc2C(N)=O)[C@@H](C)CN1C(=O)Cc1ccc(OC(F)(F)F)cc1. The number of benzene rings is 2. The third-order valence-electron chi connectivity index (χ3n) is 6.58. The van der Waals surface area contributed by atoms with E-state index in [0.717, 1.165) is 5.56 Å². The van der Waals surface area contributed by atoms with E-state index in [0.29, 0.717) is 30.0 Å². The van der Waals surface area contributed by atoms with Crippen LogP contribution in [0.3, 0.4) is 0 Å². The quantitative estimate of drug-likeness (QED) is 0.490. The molecule has 1 aliphatic heterocycles. The van der Waals surface area contributed by atoms with Gasteiger partial charge in [0.1, 0.15) is 17.6 Å². The Morgan fingerprint density at radius 2 is 1.84 bits per heavy atom. The molecule has 3 aromatic rings. The summed E-state index contributed by atoms with van der Waals surface area (Å²) in [6, 6.07) is 10.3. The Bertz CT molecular complexity index is 1310. The minimum Gasteiger partial charge on any atom is -0.489 e. The average molecular weight is 531 g/mol. The molecule has 11 heteroatoms. The van der Waals surface area contributed by atoms with Crippen LogP contribution in [0.25, 0.3) is 11.3 Å². The second kappa shape index (κ2) is 10.8. The van der Waals surface area contributed by atoms with Crippen LogP contribution in [0.4, 0.5) is 13.2 Å². The van der Waals surface area contributed by atoms with Crippen LogP contribution >= 0.6 is 0 Å². The van der Waals surface area contributed by atoms with E-state index >= 15 is 0 Å². The molecule has 0 radical (unpaired) electrons. The lowest BCUT2D eigenvalue weighted by atomic mass is 9.91. The fourth-order valence-corrected chi connectivity index (χ4v) is 4.61. The summed E-state index contributed by atoms with van der Waals surface area (Å²) in [6.45, 7) is 4.31. The molecule has 2 N–H and O–H groups in total. The summed E-state index contributed by atoms with van der Waals surface area (Å²) in [7, 11) is 1.85. The Labute approximate surface area is 218 Å². The number of alkyl halides is 3. The summed E-state index contributed by atoms with van der Waals surface area (Å²) in [5.74, 6) is -0.754. The van der Waals surface area contributed by atoms with Crippen molar-refractivity contribution >= 4 is 11.8 Å². The second-order valence-corrected chi connectivity index (χ2v) is 9.63. The number of rotatable bonds is 7. The highest BCUT2D eigenvalue weighted by Crippen LogP contribution is 2.31. The third-order valence-corrected chi connectivity index (χ3v) is 6.58. The molecule has 0 spiro atoms. The van der Waals surface area contributed by atoms with Gasteiger partial charge in [-0.15, -0.1) is 13.2 Å². The molecule has 0 bridgehead atoms. The predicted molar refractivity (Wildman–Crippen MR) is 133 cm³/mol. The number of amides is 2. The van der Waals surface area contributed by atoms with E-state index in [4.69, 9.17) is 10.5 Å². The Morgan fingerprint density at radius 1 is 1.13 bits per heavy atom. The van der Waals surface area contributed by atoms with Gasteiger partial charge in [-0.3, -0.25) is 9.59 Å². The maximum Gasteiger partial charge on any atom is 0.573 e. The number of likely N-dealkylation sites (tertiary alicyclic amines) is 1. The zero-order valence-electron chi connectivity index (χ0n) is 21.2. The lowest BCUT2D eigenvalue weighted by Crippen LogP contribution is -2.52. The van der Waals surface area contributed by atoms with E-state index in [2.05, 4.69) is 9.72 Å². The number of halogens is 3. The van der Waals surface area contributed by atoms with Crippen molar-refractivity contribution in [3.63, 3.8) is 0 Å². The maximum atomic E-state index is 13.0. The summed E-state index contributed by atoms with van der Waals surface area (Å²) in [4.78, 5) is 31.3. The van der Waals surface area contributed by atoms with Crippen LogP contribution in [-0.2, 0) is 18.3 Å². The topological polar surface area (TPSA) is 99.7 Å². The van der Waals surface area contributed by atoms with Gasteiger partial charge in [0.15, 0.2) is 0 Å². The fraction of sp³-hybridized carbons (Fsp3) is 0.370. The number of carbonyl (C=O) groups is 2. The monoisotopic (exact) mass is 530 g/mol. The van der Waals surface area contributed by atoms with Gasteiger partial charge < -0.3 is 24.7 Å². The fourth-order valence-electron chi connectivity index (χ4n) is 4.61. The molecular weight excluding hydrogens is 501 g/mol. The minimum atomic E-state index is -4.77. The van der Waals surface area contributed by atoms with Crippen molar-refractivity contribution in [1.82, 2.24) is 14.5 Å². The number of carbonyl (C=O) groups excluding carboxylic acids is 2. The van der Waals surface area contributed by atoms with Gasteiger partial charge in [-0.05, 0) is 42.8 Å². The summed E-state index contributed by atoms with van der Waals surface area (Å²) in [5, 5.41) is 0. The van der Waals surface area contributed by atoms with Gasteiger partial charge in [0.05, 0.1) is 24.0 Å². The van der Waals surface area contributed by atoms with Crippen molar-refractivity contribution < 1.29 is 32.2 Å². The van der Waals surface area contributed by atoms with Crippen molar-refractivity contribution in [3.8, 4) is 22.8 Å². The molecule has 2 amide bonds. The molecule has 2 heterocycles. The zero-order valence-corrected chi connectivity index (χ0v) is 21.2. The normalized spacial score (nSPS) is 19.7. The number of ether oxygens (including phenoxy) is 2. The highest BCUT2D eigenvalue weighted by Gasteiger charge is 2.35. The van der Waals surface area contributed by atoms with Crippen LogP contribution in [0.2, 0.25) is 0 Å². The Kier molecular flexibility index (Phi) is 7.66. The highest BCUT2D eigenvalue weighted by atomic mass is 19.4. The van der Waals surface area contributed by atoms with Crippen LogP contribution in [0.1, 0.15) is 36.2 Å². The molecule has 8 nitrogen and oxygen atoms in total. The summed E-state index contributed by atoms with van der Waals surface area (Å²) >= 11 is 0. The predicted octanol–water partition coefficient (Wildman–Crippen LogP) is 4.33. The van der Waals surface area contributed by atoms with Crippen molar-refractivity contribution in [1.29, 1.82) is 0 Å². The molecule has 3 atom stereocenters. The number of hydrogen-bond donors (Lipinski definition) is 1. The second-order valence-electron chi connectivity index (χ2n) is 9.63. The summed E-state index contributed by atoms with van der Waals surface area (Å²) in [5.41, 5.74) is 7.94. The molecule has 1 fully saturated rings. The van der Waals surface area contributed by atoms with Crippen LogP contribution in [0.5, 0.6) is 11.5 Å². The van der Waals surface area contributed by atoms with Crippen LogP contribution in [0, 0.1) is 5.92 Å². The number of aromatic nitrogens is 2. The molecule has 0 aliphatic carbocycles. The number of nitrogens with two attached hydrogens (primary N) is 1. The first-order chi connectivity index (χ1) is 17.9. The summed E-state index contributed by atoms with van der Waals surface area (Å²) < 4.78 is 49.1. The molecule has 38 heavy (non-hydrogen) atoms. The molecule has 0 saturated carbocycles. The lowest BCUT2D eigenvalue weighted by Gasteiger charge is -2.41. The average Bonchev–Trinajstić information content (AvgIpc) is 3.27. The van der Waals surface area contributed by atoms with Gasteiger partial charge in [-0.25, -0.2) is 4.98 Å². The molecule has 1 unspecified atom stereocenters. The smallest absolute Gasteiger partial charge is 0.489 e. The van der Waals surface area contributed by atoms with Gasteiger partial charge >= 0.3 is 6.36 Å². The van der Waals surface area contributed by atoms with E-state index < -0.39 is 12.3 Å². The van der Waals surface area contributed by atoms with E-state index in [1.54, 1.807) is 27.9 Å². The van der Waals surface area contributed by atoms with Crippen molar-refractivity contribution in [3.05, 3.63) is 66.1 Å². The van der Waals surface area contributed by atoms with Crippen molar-refractivity contribution in [2.75, 3.05) is 6.54 Å². The first-order valence-corrected chi connectivity index (χ1v) is 12.1. The number of primary amides is 1. The molecule has 1 aromatic heterocycles. The van der Waals surface area contributed by atoms with E-state index in [1.807, 2.05) is 33.2 Å². The van der Waals surface area contributed by atoms with Crippen LogP contribution in [-0.4, -0.2) is 51.3 Å². The molecule has 4 rings (SSSR count). The number of aryl methyl sites for hydroxylation is 1. The van der Waals surface area contributed by atoms with Crippen LogP contribution in [0.15, 0.2) is 55.0 Å². The Hall–Kier alpha value is -4.02.